The van der Waals surface area contributed by atoms with Crippen LogP contribution in [0.25, 0.3) is 0 Å². The van der Waals surface area contributed by atoms with Gasteiger partial charge >= 0.3 is 0 Å². The van der Waals surface area contributed by atoms with Gasteiger partial charge in [-0.1, -0.05) is 6.07 Å². The summed E-state index contributed by atoms with van der Waals surface area (Å²) in [6, 6.07) is 5.59. The number of nitrogen functional groups attached to an aromatic ring is 1. The molecular weight excluding hydrogens is 192 g/mol. The zero-order chi connectivity index (χ0) is 10.7. The van der Waals surface area contributed by atoms with Crippen LogP contribution in [-0.4, -0.2) is 22.7 Å². The summed E-state index contributed by atoms with van der Waals surface area (Å²) >= 11 is 0. The molecule has 0 aromatic carbocycles. The normalized spacial score (nSPS) is 24.4. The zero-order valence-corrected chi connectivity index (χ0v) is 8.48. The number of nitrogens with two attached hydrogens (primary N) is 1. The molecular formula is C10H16N4O. The van der Waals surface area contributed by atoms with Crippen LogP contribution in [0, 0.1) is 5.92 Å². The summed E-state index contributed by atoms with van der Waals surface area (Å²) in [5, 5.41) is 12.4. The number of hydrogen-bond donors (Lipinski definition) is 4. The first kappa shape index (κ1) is 10.2. The van der Waals surface area contributed by atoms with Gasteiger partial charge in [0.05, 0.1) is 6.10 Å². The van der Waals surface area contributed by atoms with Gasteiger partial charge in [-0.2, -0.15) is 0 Å². The summed E-state index contributed by atoms with van der Waals surface area (Å²) in [5.41, 5.74) is 2.50. The minimum absolute atomic E-state index is 0.0956. The number of aliphatic hydroxyl groups is 1. The molecule has 1 aromatic rings. The second-order valence-corrected chi connectivity index (χ2v) is 3.92. The maximum absolute atomic E-state index is 9.13. The lowest BCUT2D eigenvalue weighted by molar-refractivity contribution is 0.0486. The minimum atomic E-state index is -0.0956. The quantitative estimate of drug-likeness (QED) is 0.429. The van der Waals surface area contributed by atoms with Gasteiger partial charge in [0.25, 0.3) is 0 Å². The molecule has 0 radical (unpaired) electrons. The average molecular weight is 208 g/mol. The van der Waals surface area contributed by atoms with E-state index in [-0.39, 0.29) is 6.10 Å². The molecule has 5 nitrogen and oxygen atoms in total. The average Bonchev–Trinajstić information content (AvgIpc) is 2.23. The smallest absolute Gasteiger partial charge is 0.142 e. The Kier molecular flexibility index (Phi) is 3.03. The van der Waals surface area contributed by atoms with Crippen LogP contribution in [0.2, 0.25) is 0 Å². The highest BCUT2D eigenvalue weighted by atomic mass is 16.3. The third-order valence-electron chi connectivity index (χ3n) is 2.68. The molecule has 1 saturated carbocycles. The van der Waals surface area contributed by atoms with E-state index in [4.69, 9.17) is 10.9 Å². The zero-order valence-electron chi connectivity index (χ0n) is 8.48. The fourth-order valence-corrected chi connectivity index (χ4v) is 1.73. The van der Waals surface area contributed by atoms with Gasteiger partial charge in [-0.25, -0.2) is 10.8 Å². The van der Waals surface area contributed by atoms with Crippen molar-refractivity contribution in [2.24, 2.45) is 11.8 Å². The Balaban J connectivity index is 1.82. The molecule has 1 aromatic heterocycles. The molecule has 1 heterocycles. The molecule has 0 saturated heterocycles. The van der Waals surface area contributed by atoms with E-state index in [9.17, 15) is 0 Å². The lowest BCUT2D eigenvalue weighted by atomic mass is 9.82. The van der Waals surface area contributed by atoms with Crippen LogP contribution >= 0.6 is 0 Å². The molecule has 0 unspecified atom stereocenters. The number of pyridine rings is 1. The first-order chi connectivity index (χ1) is 7.28. The monoisotopic (exact) mass is 208 g/mol. The van der Waals surface area contributed by atoms with E-state index < -0.39 is 0 Å². The highest BCUT2D eigenvalue weighted by Crippen LogP contribution is 2.27. The third kappa shape index (κ3) is 2.57. The van der Waals surface area contributed by atoms with Crippen molar-refractivity contribution in [3.63, 3.8) is 0 Å². The van der Waals surface area contributed by atoms with E-state index >= 15 is 0 Å². The number of hydrazine groups is 1. The number of rotatable bonds is 4. The number of aliphatic hydroxyl groups excluding tert-OH is 1. The Morgan fingerprint density at radius 1 is 1.40 bits per heavy atom. The Hall–Kier alpha value is -1.33. The minimum Gasteiger partial charge on any atom is -0.393 e. The summed E-state index contributed by atoms with van der Waals surface area (Å²) in [7, 11) is 0. The molecule has 0 amide bonds. The van der Waals surface area contributed by atoms with Crippen molar-refractivity contribution >= 4 is 11.6 Å². The Morgan fingerprint density at radius 3 is 2.80 bits per heavy atom. The van der Waals surface area contributed by atoms with Crippen LogP contribution in [0.5, 0.6) is 0 Å². The van der Waals surface area contributed by atoms with Gasteiger partial charge in [0, 0.05) is 6.54 Å². The van der Waals surface area contributed by atoms with Crippen molar-refractivity contribution in [3.8, 4) is 0 Å². The van der Waals surface area contributed by atoms with Crippen LogP contribution in [0.15, 0.2) is 18.2 Å². The van der Waals surface area contributed by atoms with Crippen molar-refractivity contribution in [2.75, 3.05) is 17.3 Å². The molecule has 0 spiro atoms. The number of nitrogens with one attached hydrogen (secondary N) is 2. The Labute approximate surface area is 88.7 Å². The molecule has 5 heteroatoms. The molecule has 15 heavy (non-hydrogen) atoms. The van der Waals surface area contributed by atoms with Crippen molar-refractivity contribution in [1.29, 1.82) is 0 Å². The van der Waals surface area contributed by atoms with Crippen molar-refractivity contribution in [2.45, 2.75) is 18.9 Å². The third-order valence-corrected chi connectivity index (χ3v) is 2.68. The largest absolute Gasteiger partial charge is 0.393 e. The summed E-state index contributed by atoms with van der Waals surface area (Å²) in [6.45, 7) is 0.859. The lowest BCUT2D eigenvalue weighted by Crippen LogP contribution is -2.33. The van der Waals surface area contributed by atoms with E-state index in [1.54, 1.807) is 6.07 Å². The molecule has 5 N–H and O–H groups in total. The molecule has 0 aliphatic heterocycles. The molecule has 1 aliphatic rings. The Morgan fingerprint density at radius 2 is 2.13 bits per heavy atom. The summed E-state index contributed by atoms with van der Waals surface area (Å²) in [5.74, 6) is 7.28. The van der Waals surface area contributed by atoms with E-state index in [2.05, 4.69) is 15.7 Å². The van der Waals surface area contributed by atoms with Gasteiger partial charge in [0.15, 0.2) is 0 Å². The summed E-state index contributed by atoms with van der Waals surface area (Å²) in [6.07, 6.45) is 1.69. The maximum Gasteiger partial charge on any atom is 0.142 e. The SMILES string of the molecule is NNc1cccc(NCC2CC(O)C2)n1. The van der Waals surface area contributed by atoms with E-state index in [0.29, 0.717) is 11.7 Å². The van der Waals surface area contributed by atoms with Gasteiger partial charge in [-0.3, -0.25) is 0 Å². The predicted molar refractivity (Wildman–Crippen MR) is 59.3 cm³/mol. The topological polar surface area (TPSA) is 83.2 Å². The molecule has 2 rings (SSSR count). The number of hydrogen-bond acceptors (Lipinski definition) is 5. The number of anilines is 2. The van der Waals surface area contributed by atoms with Gasteiger partial charge < -0.3 is 15.8 Å². The first-order valence-electron chi connectivity index (χ1n) is 5.13. The summed E-state index contributed by atoms with van der Waals surface area (Å²) in [4.78, 5) is 4.23. The van der Waals surface area contributed by atoms with Gasteiger partial charge in [-0.05, 0) is 30.9 Å². The predicted octanol–water partition coefficient (Wildman–Crippen LogP) is 0.550. The van der Waals surface area contributed by atoms with Crippen LogP contribution < -0.4 is 16.6 Å². The lowest BCUT2D eigenvalue weighted by Gasteiger charge is -2.31. The Bertz CT molecular complexity index is 325. The van der Waals surface area contributed by atoms with Crippen molar-refractivity contribution in [3.05, 3.63) is 18.2 Å². The van der Waals surface area contributed by atoms with E-state index in [1.165, 1.54) is 0 Å². The molecule has 1 aliphatic carbocycles. The van der Waals surface area contributed by atoms with Crippen LogP contribution in [-0.2, 0) is 0 Å². The standard InChI is InChI=1S/C10H16N4O/c11-14-10-3-1-2-9(13-10)12-6-7-4-8(15)5-7/h1-3,7-8,15H,4-6,11H2,(H2,12,13,14). The van der Waals surface area contributed by atoms with Gasteiger partial charge in [0.2, 0.25) is 0 Å². The van der Waals surface area contributed by atoms with Crippen molar-refractivity contribution in [1.82, 2.24) is 4.98 Å². The van der Waals surface area contributed by atoms with Crippen LogP contribution in [0.3, 0.4) is 0 Å². The highest BCUT2D eigenvalue weighted by Gasteiger charge is 2.26. The van der Waals surface area contributed by atoms with Crippen molar-refractivity contribution < 1.29 is 5.11 Å². The molecule has 82 valence electrons. The van der Waals surface area contributed by atoms with E-state index in [0.717, 1.165) is 25.2 Å². The number of nitrogens with zero attached hydrogens (tertiary/aromatic N) is 1. The maximum atomic E-state index is 9.13. The second-order valence-electron chi connectivity index (χ2n) is 3.92. The second kappa shape index (κ2) is 4.46. The van der Waals surface area contributed by atoms with E-state index in [1.807, 2.05) is 12.1 Å². The fourth-order valence-electron chi connectivity index (χ4n) is 1.73. The molecule has 1 fully saturated rings. The van der Waals surface area contributed by atoms with Gasteiger partial charge in [-0.15, -0.1) is 0 Å². The highest BCUT2D eigenvalue weighted by molar-refractivity contribution is 5.44. The summed E-state index contributed by atoms with van der Waals surface area (Å²) < 4.78 is 0. The van der Waals surface area contributed by atoms with Crippen LogP contribution in [0.1, 0.15) is 12.8 Å². The van der Waals surface area contributed by atoms with Crippen LogP contribution in [0.4, 0.5) is 11.6 Å². The fraction of sp³-hybridized carbons (Fsp3) is 0.500. The number of aromatic nitrogens is 1. The molecule has 0 bridgehead atoms. The molecule has 0 atom stereocenters. The first-order valence-corrected chi connectivity index (χ1v) is 5.13. The van der Waals surface area contributed by atoms with Gasteiger partial charge in [0.1, 0.15) is 11.6 Å².